The molecule has 0 bridgehead atoms. The molecular formula is C16H10F2N4. The Labute approximate surface area is 123 Å². The highest BCUT2D eigenvalue weighted by molar-refractivity contribution is 6.05. The number of benzene rings is 2. The first-order valence-electron chi connectivity index (χ1n) is 6.61. The Bertz CT molecular complexity index is 1020. The van der Waals surface area contributed by atoms with E-state index in [-0.39, 0.29) is 11.3 Å². The third kappa shape index (κ3) is 1.74. The molecule has 4 rings (SSSR count). The summed E-state index contributed by atoms with van der Waals surface area (Å²) in [6.07, 6.45) is 3.31. The molecule has 0 aliphatic carbocycles. The number of aromatic nitrogens is 3. The zero-order valence-corrected chi connectivity index (χ0v) is 11.3. The second kappa shape index (κ2) is 4.49. The molecule has 3 N–H and O–H groups in total. The fraction of sp³-hybridized carbons (Fsp3) is 0. The summed E-state index contributed by atoms with van der Waals surface area (Å²) in [5.74, 6) is -1.40. The fourth-order valence-electron chi connectivity index (χ4n) is 2.61. The molecule has 0 aliphatic rings. The van der Waals surface area contributed by atoms with E-state index in [1.807, 2.05) is 0 Å². The molecule has 0 amide bonds. The largest absolute Gasteiger partial charge is 0.396 e. The molecule has 4 aromatic rings. The van der Waals surface area contributed by atoms with E-state index in [1.54, 1.807) is 30.6 Å². The summed E-state index contributed by atoms with van der Waals surface area (Å²) in [6.45, 7) is 0. The van der Waals surface area contributed by atoms with E-state index in [0.717, 1.165) is 22.2 Å². The summed E-state index contributed by atoms with van der Waals surface area (Å²) in [5, 5.41) is 9.27. The normalized spacial score (nSPS) is 11.4. The van der Waals surface area contributed by atoms with E-state index >= 15 is 0 Å². The van der Waals surface area contributed by atoms with Crippen LogP contribution in [0, 0.1) is 11.6 Å². The van der Waals surface area contributed by atoms with Crippen LogP contribution in [0.3, 0.4) is 0 Å². The maximum Gasteiger partial charge on any atom is 0.156 e. The number of hydrogen-bond acceptors (Lipinski definition) is 3. The van der Waals surface area contributed by atoms with E-state index in [0.29, 0.717) is 11.2 Å². The molecule has 108 valence electrons. The molecule has 0 saturated heterocycles. The number of H-pyrrole nitrogens is 1. The Morgan fingerprint density at radius 3 is 2.73 bits per heavy atom. The van der Waals surface area contributed by atoms with Crippen LogP contribution in [0.5, 0.6) is 0 Å². The van der Waals surface area contributed by atoms with Gasteiger partial charge in [0.25, 0.3) is 0 Å². The van der Waals surface area contributed by atoms with Gasteiger partial charge < -0.3 is 5.73 Å². The van der Waals surface area contributed by atoms with Crippen LogP contribution in [-0.4, -0.2) is 15.2 Å². The van der Waals surface area contributed by atoms with Crippen LogP contribution in [0.2, 0.25) is 0 Å². The van der Waals surface area contributed by atoms with Crippen LogP contribution < -0.4 is 5.73 Å². The van der Waals surface area contributed by atoms with Crippen LogP contribution >= 0.6 is 0 Å². The lowest BCUT2D eigenvalue weighted by molar-refractivity contribution is 0.592. The van der Waals surface area contributed by atoms with E-state index < -0.39 is 11.6 Å². The third-order valence-electron chi connectivity index (χ3n) is 3.70. The highest BCUT2D eigenvalue weighted by Gasteiger charge is 2.15. The number of hydrogen-bond donors (Lipinski definition) is 2. The van der Waals surface area contributed by atoms with Gasteiger partial charge in [-0.25, -0.2) is 13.8 Å². The highest BCUT2D eigenvalue weighted by Crippen LogP contribution is 2.32. The van der Waals surface area contributed by atoms with Crippen molar-refractivity contribution < 1.29 is 8.78 Å². The van der Waals surface area contributed by atoms with Crippen molar-refractivity contribution >= 4 is 27.5 Å². The summed E-state index contributed by atoms with van der Waals surface area (Å²) < 4.78 is 28.1. The van der Waals surface area contributed by atoms with Gasteiger partial charge in [0.15, 0.2) is 11.5 Å². The minimum absolute atomic E-state index is 0.0834. The van der Waals surface area contributed by atoms with E-state index in [4.69, 9.17) is 5.73 Å². The van der Waals surface area contributed by atoms with Gasteiger partial charge in [-0.05, 0) is 29.1 Å². The SMILES string of the molecule is Nc1ccc(F)c(-c2ccc3c(cnc4[nH]ncc43)c2)c1F. The molecule has 6 heteroatoms. The van der Waals surface area contributed by atoms with E-state index in [2.05, 4.69) is 15.2 Å². The smallest absolute Gasteiger partial charge is 0.156 e. The topological polar surface area (TPSA) is 67.6 Å². The molecule has 2 aromatic carbocycles. The number of pyridine rings is 1. The first kappa shape index (κ1) is 12.7. The van der Waals surface area contributed by atoms with Gasteiger partial charge in [0, 0.05) is 17.0 Å². The molecule has 2 heterocycles. The molecule has 2 aromatic heterocycles. The molecule has 0 fully saturated rings. The molecule has 0 atom stereocenters. The molecule has 0 unspecified atom stereocenters. The Balaban J connectivity index is 2.01. The van der Waals surface area contributed by atoms with Crippen molar-refractivity contribution in [1.29, 1.82) is 0 Å². The molecule has 0 spiro atoms. The highest BCUT2D eigenvalue weighted by atomic mass is 19.1. The number of nitrogens with zero attached hydrogens (tertiary/aromatic N) is 2. The molecule has 0 saturated carbocycles. The van der Waals surface area contributed by atoms with Crippen LogP contribution in [0.25, 0.3) is 32.9 Å². The van der Waals surface area contributed by atoms with Gasteiger partial charge in [0.1, 0.15) is 5.82 Å². The van der Waals surface area contributed by atoms with Crippen LogP contribution in [0.4, 0.5) is 14.5 Å². The quantitative estimate of drug-likeness (QED) is 0.527. The van der Waals surface area contributed by atoms with E-state index in [1.165, 1.54) is 6.07 Å². The lowest BCUT2D eigenvalue weighted by Gasteiger charge is -2.09. The molecule has 22 heavy (non-hydrogen) atoms. The van der Waals surface area contributed by atoms with Crippen LogP contribution in [-0.2, 0) is 0 Å². The number of nitrogens with one attached hydrogen (secondary N) is 1. The monoisotopic (exact) mass is 296 g/mol. The van der Waals surface area contributed by atoms with Gasteiger partial charge in [0.2, 0.25) is 0 Å². The first-order chi connectivity index (χ1) is 10.6. The molecule has 4 nitrogen and oxygen atoms in total. The average Bonchev–Trinajstić information content (AvgIpc) is 3.00. The minimum atomic E-state index is -0.753. The van der Waals surface area contributed by atoms with Crippen molar-refractivity contribution in [3.63, 3.8) is 0 Å². The van der Waals surface area contributed by atoms with Crippen molar-refractivity contribution in [1.82, 2.24) is 15.2 Å². The van der Waals surface area contributed by atoms with Gasteiger partial charge in [0.05, 0.1) is 17.4 Å². The standard InChI is InChI=1S/C16H10F2N4/c17-12-3-4-13(19)15(18)14(12)8-1-2-10-9(5-8)6-20-16-11(10)7-21-22-16/h1-7H,19H2,(H,20,21,22). The number of nitrogen functional groups attached to an aromatic ring is 1. The summed E-state index contributed by atoms with van der Waals surface area (Å²) in [6, 6.07) is 7.53. The number of anilines is 1. The third-order valence-corrected chi connectivity index (χ3v) is 3.70. The number of rotatable bonds is 1. The zero-order chi connectivity index (χ0) is 15.3. The van der Waals surface area contributed by atoms with Crippen LogP contribution in [0.15, 0.2) is 42.7 Å². The number of aromatic amines is 1. The van der Waals surface area contributed by atoms with Crippen molar-refractivity contribution in [3.8, 4) is 11.1 Å². The Morgan fingerprint density at radius 1 is 1.00 bits per heavy atom. The predicted molar refractivity (Wildman–Crippen MR) is 81.2 cm³/mol. The number of nitrogens with two attached hydrogens (primary N) is 1. The lowest BCUT2D eigenvalue weighted by atomic mass is 10.00. The van der Waals surface area contributed by atoms with Gasteiger partial charge in [-0.3, -0.25) is 5.10 Å². The predicted octanol–water partition coefficient (Wildman–Crippen LogP) is 3.64. The molecule has 0 aliphatic heterocycles. The zero-order valence-electron chi connectivity index (χ0n) is 11.3. The maximum absolute atomic E-state index is 14.2. The Kier molecular flexibility index (Phi) is 2.59. The van der Waals surface area contributed by atoms with Gasteiger partial charge in [-0.2, -0.15) is 5.10 Å². The average molecular weight is 296 g/mol. The number of halogens is 2. The van der Waals surface area contributed by atoms with Crippen LogP contribution in [0.1, 0.15) is 0 Å². The van der Waals surface area contributed by atoms with Gasteiger partial charge >= 0.3 is 0 Å². The lowest BCUT2D eigenvalue weighted by Crippen LogP contribution is -1.96. The Hall–Kier alpha value is -3.02. The molecular weight excluding hydrogens is 286 g/mol. The summed E-state index contributed by atoms with van der Waals surface area (Å²) in [5.41, 5.74) is 6.40. The minimum Gasteiger partial charge on any atom is -0.396 e. The van der Waals surface area contributed by atoms with E-state index in [9.17, 15) is 8.78 Å². The summed E-state index contributed by atoms with van der Waals surface area (Å²) in [4.78, 5) is 4.24. The molecule has 0 radical (unpaired) electrons. The maximum atomic E-state index is 14.2. The first-order valence-corrected chi connectivity index (χ1v) is 6.61. The van der Waals surface area contributed by atoms with Crippen molar-refractivity contribution in [3.05, 3.63) is 54.4 Å². The summed E-state index contributed by atoms with van der Waals surface area (Å²) in [7, 11) is 0. The van der Waals surface area contributed by atoms with Gasteiger partial charge in [-0.15, -0.1) is 0 Å². The van der Waals surface area contributed by atoms with Crippen molar-refractivity contribution in [2.75, 3.05) is 5.73 Å². The second-order valence-electron chi connectivity index (χ2n) is 5.02. The Morgan fingerprint density at radius 2 is 1.86 bits per heavy atom. The second-order valence-corrected chi connectivity index (χ2v) is 5.02. The van der Waals surface area contributed by atoms with Crippen molar-refractivity contribution in [2.45, 2.75) is 0 Å². The fourth-order valence-corrected chi connectivity index (χ4v) is 2.61. The van der Waals surface area contributed by atoms with Crippen molar-refractivity contribution in [2.24, 2.45) is 0 Å². The summed E-state index contributed by atoms with van der Waals surface area (Å²) >= 11 is 0. The van der Waals surface area contributed by atoms with Gasteiger partial charge in [-0.1, -0.05) is 12.1 Å². The number of fused-ring (bicyclic) bond motifs is 3.